The van der Waals surface area contributed by atoms with Crippen LogP contribution >= 0.6 is 11.6 Å². The molecule has 0 amide bonds. The van der Waals surface area contributed by atoms with Crippen molar-refractivity contribution in [2.75, 3.05) is 11.9 Å². The second-order valence-corrected chi connectivity index (χ2v) is 6.03. The van der Waals surface area contributed by atoms with Crippen LogP contribution in [0.25, 0.3) is 10.9 Å². The van der Waals surface area contributed by atoms with Crippen molar-refractivity contribution < 1.29 is 4.39 Å². The van der Waals surface area contributed by atoms with E-state index in [1.165, 1.54) is 6.07 Å². The van der Waals surface area contributed by atoms with E-state index in [2.05, 4.69) is 20.3 Å². The van der Waals surface area contributed by atoms with Crippen LogP contribution in [0.5, 0.6) is 0 Å². The third-order valence-electron chi connectivity index (χ3n) is 3.92. The number of aryl methyl sites for hydroxylation is 3. The van der Waals surface area contributed by atoms with Gasteiger partial charge in [0.15, 0.2) is 0 Å². The number of benzene rings is 1. The molecular weight excluding hydrogens is 315 g/mol. The average Bonchev–Trinajstić information content (AvgIpc) is 2.80. The number of anilines is 1. The maximum atomic E-state index is 14.0. The van der Waals surface area contributed by atoms with Crippen LogP contribution in [0.15, 0.2) is 18.2 Å². The summed E-state index contributed by atoms with van der Waals surface area (Å²) < 4.78 is 14.0. The Balaban J connectivity index is 1.82. The molecule has 2 N–H and O–H groups in total. The number of aromatic amines is 1. The molecule has 0 unspecified atom stereocenters. The van der Waals surface area contributed by atoms with Crippen molar-refractivity contribution >= 4 is 28.3 Å². The summed E-state index contributed by atoms with van der Waals surface area (Å²) in [5, 5.41) is 4.64. The van der Waals surface area contributed by atoms with E-state index in [0.29, 0.717) is 28.9 Å². The number of nitrogens with zero attached hydrogens (tertiary/aromatic N) is 2. The highest BCUT2D eigenvalue weighted by molar-refractivity contribution is 6.29. The molecule has 0 saturated heterocycles. The molecular formula is C17H18ClFN4. The van der Waals surface area contributed by atoms with Gasteiger partial charge in [0, 0.05) is 23.7 Å². The van der Waals surface area contributed by atoms with Crippen LogP contribution in [0.1, 0.15) is 22.6 Å². The summed E-state index contributed by atoms with van der Waals surface area (Å²) in [4.78, 5) is 11.5. The molecule has 120 valence electrons. The number of hydrogen-bond donors (Lipinski definition) is 2. The Labute approximate surface area is 139 Å². The van der Waals surface area contributed by atoms with Gasteiger partial charge in [-0.3, -0.25) is 0 Å². The van der Waals surface area contributed by atoms with E-state index < -0.39 is 0 Å². The fraction of sp³-hybridized carbons (Fsp3) is 0.294. The van der Waals surface area contributed by atoms with E-state index >= 15 is 0 Å². The minimum absolute atomic E-state index is 0.217. The molecule has 1 aromatic carbocycles. The molecule has 0 aliphatic heterocycles. The summed E-state index contributed by atoms with van der Waals surface area (Å²) in [7, 11) is 0. The van der Waals surface area contributed by atoms with E-state index in [9.17, 15) is 4.39 Å². The lowest BCUT2D eigenvalue weighted by Crippen LogP contribution is -2.08. The van der Waals surface area contributed by atoms with Crippen molar-refractivity contribution in [3.63, 3.8) is 0 Å². The Kier molecular flexibility index (Phi) is 4.22. The molecule has 0 saturated carbocycles. The van der Waals surface area contributed by atoms with Gasteiger partial charge in [0.05, 0.1) is 5.52 Å². The predicted molar refractivity (Wildman–Crippen MR) is 91.7 cm³/mol. The van der Waals surface area contributed by atoms with Crippen LogP contribution in [0, 0.1) is 26.6 Å². The average molecular weight is 333 g/mol. The number of rotatable bonds is 4. The smallest absolute Gasteiger partial charge is 0.147 e. The third-order valence-corrected chi connectivity index (χ3v) is 4.11. The van der Waals surface area contributed by atoms with Gasteiger partial charge in [0.1, 0.15) is 22.6 Å². The fourth-order valence-electron chi connectivity index (χ4n) is 2.89. The zero-order valence-electron chi connectivity index (χ0n) is 13.3. The van der Waals surface area contributed by atoms with Crippen LogP contribution in [-0.2, 0) is 6.42 Å². The second-order valence-electron chi connectivity index (χ2n) is 5.64. The van der Waals surface area contributed by atoms with Crippen molar-refractivity contribution in [3.05, 3.63) is 51.8 Å². The molecule has 0 radical (unpaired) electrons. The quantitative estimate of drug-likeness (QED) is 0.699. The van der Waals surface area contributed by atoms with E-state index in [1.54, 1.807) is 13.0 Å². The normalized spacial score (nSPS) is 11.2. The standard InChI is InChI=1S/C17H18ClFN4/c1-9-4-5-13(19)17-16(9)12(10(2)21-17)6-7-20-15-8-14(18)22-11(3)23-15/h4-5,8,21H,6-7H2,1-3H3,(H,20,22,23). The lowest BCUT2D eigenvalue weighted by Gasteiger charge is -2.08. The van der Waals surface area contributed by atoms with Crippen LogP contribution in [0.3, 0.4) is 0 Å². The summed E-state index contributed by atoms with van der Waals surface area (Å²) in [6.45, 7) is 6.45. The number of hydrogen-bond acceptors (Lipinski definition) is 3. The first-order valence-corrected chi connectivity index (χ1v) is 7.85. The summed E-state index contributed by atoms with van der Waals surface area (Å²) in [6, 6.07) is 5.01. The highest BCUT2D eigenvalue weighted by atomic mass is 35.5. The highest BCUT2D eigenvalue weighted by Crippen LogP contribution is 2.28. The number of nitrogens with one attached hydrogen (secondary N) is 2. The SMILES string of the molecule is Cc1nc(Cl)cc(NCCc2c(C)[nH]c3c(F)ccc(C)c23)n1. The first-order chi connectivity index (χ1) is 11.0. The van der Waals surface area contributed by atoms with Gasteiger partial charge in [-0.25, -0.2) is 14.4 Å². The molecule has 0 aliphatic rings. The predicted octanol–water partition coefficient (Wildman–Crippen LogP) is 4.33. The number of fused-ring (bicyclic) bond motifs is 1. The highest BCUT2D eigenvalue weighted by Gasteiger charge is 2.13. The fourth-order valence-corrected chi connectivity index (χ4v) is 3.12. The van der Waals surface area contributed by atoms with Gasteiger partial charge in [0.2, 0.25) is 0 Å². The Morgan fingerprint density at radius 1 is 1.22 bits per heavy atom. The zero-order chi connectivity index (χ0) is 16.6. The molecule has 2 heterocycles. The van der Waals surface area contributed by atoms with Gasteiger partial charge in [-0.2, -0.15) is 0 Å². The Hall–Kier alpha value is -2.14. The lowest BCUT2D eigenvalue weighted by atomic mass is 10.0. The van der Waals surface area contributed by atoms with Gasteiger partial charge >= 0.3 is 0 Å². The molecule has 0 bridgehead atoms. The molecule has 23 heavy (non-hydrogen) atoms. The van der Waals surface area contributed by atoms with Crippen molar-refractivity contribution in [2.45, 2.75) is 27.2 Å². The number of aromatic nitrogens is 3. The largest absolute Gasteiger partial charge is 0.370 e. The van der Waals surface area contributed by atoms with Crippen molar-refractivity contribution in [2.24, 2.45) is 0 Å². The minimum atomic E-state index is -0.217. The second kappa shape index (κ2) is 6.16. The molecule has 4 nitrogen and oxygen atoms in total. The molecule has 2 aromatic heterocycles. The van der Waals surface area contributed by atoms with Gasteiger partial charge in [-0.05, 0) is 44.4 Å². The zero-order valence-corrected chi connectivity index (χ0v) is 14.1. The van der Waals surface area contributed by atoms with Crippen LogP contribution in [0.2, 0.25) is 5.15 Å². The van der Waals surface area contributed by atoms with Gasteiger partial charge in [0.25, 0.3) is 0 Å². The Morgan fingerprint density at radius 2 is 2.00 bits per heavy atom. The molecule has 3 aromatic rings. The van der Waals surface area contributed by atoms with Crippen LogP contribution in [0.4, 0.5) is 10.2 Å². The molecule has 3 rings (SSSR count). The number of halogens is 2. The monoisotopic (exact) mass is 332 g/mol. The first-order valence-electron chi connectivity index (χ1n) is 7.47. The van der Waals surface area contributed by atoms with Crippen molar-refractivity contribution in [3.8, 4) is 0 Å². The van der Waals surface area contributed by atoms with Gasteiger partial charge < -0.3 is 10.3 Å². The minimum Gasteiger partial charge on any atom is -0.370 e. The maximum absolute atomic E-state index is 14.0. The molecule has 0 aliphatic carbocycles. The van der Waals surface area contributed by atoms with Gasteiger partial charge in [-0.15, -0.1) is 0 Å². The first kappa shape index (κ1) is 15.7. The van der Waals surface area contributed by atoms with Crippen molar-refractivity contribution in [1.29, 1.82) is 0 Å². The van der Waals surface area contributed by atoms with Crippen molar-refractivity contribution in [1.82, 2.24) is 15.0 Å². The van der Waals surface area contributed by atoms with Gasteiger partial charge in [-0.1, -0.05) is 17.7 Å². The lowest BCUT2D eigenvalue weighted by molar-refractivity contribution is 0.637. The molecule has 0 atom stereocenters. The third kappa shape index (κ3) is 3.15. The summed E-state index contributed by atoms with van der Waals surface area (Å²) in [6.07, 6.45) is 0.761. The summed E-state index contributed by atoms with van der Waals surface area (Å²) in [5.74, 6) is 1.11. The molecule has 0 spiro atoms. The molecule has 6 heteroatoms. The van der Waals surface area contributed by atoms with E-state index in [1.807, 2.05) is 19.9 Å². The summed E-state index contributed by atoms with van der Waals surface area (Å²) >= 11 is 5.93. The number of H-pyrrole nitrogens is 1. The Bertz CT molecular complexity index is 852. The molecule has 0 fully saturated rings. The van der Waals surface area contributed by atoms with Crippen LogP contribution in [-0.4, -0.2) is 21.5 Å². The maximum Gasteiger partial charge on any atom is 0.147 e. The Morgan fingerprint density at radius 3 is 2.74 bits per heavy atom. The van der Waals surface area contributed by atoms with Crippen LogP contribution < -0.4 is 5.32 Å². The van der Waals surface area contributed by atoms with E-state index in [0.717, 1.165) is 28.6 Å². The summed E-state index contributed by atoms with van der Waals surface area (Å²) in [5.41, 5.74) is 3.77. The van der Waals surface area contributed by atoms with E-state index in [4.69, 9.17) is 11.6 Å². The topological polar surface area (TPSA) is 53.6 Å². The van der Waals surface area contributed by atoms with E-state index in [-0.39, 0.29) is 5.82 Å².